The zero-order valence-electron chi connectivity index (χ0n) is 12.8. The molecule has 0 aliphatic heterocycles. The Kier molecular flexibility index (Phi) is 7.98. The molecular weight excluding hydrogens is 302 g/mol. The van der Waals surface area contributed by atoms with Gasteiger partial charge in [0.05, 0.1) is 7.11 Å². The number of ether oxygens (including phenoxy) is 2. The summed E-state index contributed by atoms with van der Waals surface area (Å²) in [5.74, 6) is -0.475. The average molecular weight is 321 g/mol. The molecule has 1 rings (SSSR count). The van der Waals surface area contributed by atoms with E-state index in [0.717, 1.165) is 5.56 Å². The Morgan fingerprint density at radius 2 is 2.09 bits per heavy atom. The number of rotatable bonds is 8. The molecular formula is C14H19N5O4. The van der Waals surface area contributed by atoms with Gasteiger partial charge in [-0.2, -0.15) is 0 Å². The van der Waals surface area contributed by atoms with Crippen LogP contribution in [-0.4, -0.2) is 31.8 Å². The Balaban J connectivity index is 2.21. The van der Waals surface area contributed by atoms with Crippen molar-refractivity contribution < 1.29 is 19.1 Å². The van der Waals surface area contributed by atoms with E-state index in [1.165, 1.54) is 7.11 Å². The lowest BCUT2D eigenvalue weighted by Gasteiger charge is -2.10. The number of benzene rings is 1. The summed E-state index contributed by atoms with van der Waals surface area (Å²) in [4.78, 5) is 25.2. The number of esters is 1. The molecule has 0 saturated carbocycles. The van der Waals surface area contributed by atoms with Crippen LogP contribution in [0.2, 0.25) is 0 Å². The van der Waals surface area contributed by atoms with Gasteiger partial charge < -0.3 is 20.5 Å². The Labute approximate surface area is 133 Å². The number of hydrogen-bond acceptors (Lipinski definition) is 6. The third-order valence-electron chi connectivity index (χ3n) is 2.93. The topological polar surface area (TPSA) is 139 Å². The third-order valence-corrected chi connectivity index (χ3v) is 2.93. The molecule has 0 bridgehead atoms. The number of nitrogens with two attached hydrogens (primary N) is 1. The van der Waals surface area contributed by atoms with Gasteiger partial charge in [0.15, 0.2) is 0 Å². The molecule has 0 saturated heterocycles. The maximum absolute atomic E-state index is 11.5. The Bertz CT molecular complexity index is 569. The van der Waals surface area contributed by atoms with Crippen molar-refractivity contribution in [2.24, 2.45) is 10.8 Å². The van der Waals surface area contributed by atoms with Gasteiger partial charge in [0.25, 0.3) is 0 Å². The van der Waals surface area contributed by atoms with Crippen LogP contribution >= 0.6 is 0 Å². The monoisotopic (exact) mass is 321 g/mol. The van der Waals surface area contributed by atoms with Crippen molar-refractivity contribution in [3.8, 4) is 0 Å². The van der Waals surface area contributed by atoms with Crippen LogP contribution in [0.4, 0.5) is 10.5 Å². The quantitative estimate of drug-likeness (QED) is 0.248. The van der Waals surface area contributed by atoms with Crippen LogP contribution in [0.3, 0.4) is 0 Å². The van der Waals surface area contributed by atoms with Crippen LogP contribution in [-0.2, 0) is 20.9 Å². The van der Waals surface area contributed by atoms with Crippen LogP contribution in [0.15, 0.2) is 29.4 Å². The number of methoxy groups -OCH3 is 1. The number of hydrogen-bond donors (Lipinski definition) is 2. The molecule has 0 heterocycles. The maximum atomic E-state index is 11.5. The van der Waals surface area contributed by atoms with Gasteiger partial charge in [-0.1, -0.05) is 29.4 Å². The number of carbonyl (C=O) groups is 2. The zero-order valence-corrected chi connectivity index (χ0v) is 12.8. The number of carbonyl (C=O) groups excluding carboxylic acids is 2. The number of amides is 1. The first-order valence-corrected chi connectivity index (χ1v) is 6.95. The first-order chi connectivity index (χ1) is 11.1. The molecule has 1 amide bonds. The van der Waals surface area contributed by atoms with Crippen molar-refractivity contribution in [2.45, 2.75) is 25.5 Å². The summed E-state index contributed by atoms with van der Waals surface area (Å²) in [6.45, 7) is 0.448. The van der Waals surface area contributed by atoms with Gasteiger partial charge in [-0.05, 0) is 23.9 Å². The first-order valence-electron chi connectivity index (χ1n) is 6.95. The minimum absolute atomic E-state index is 0.101. The van der Waals surface area contributed by atoms with E-state index in [1.807, 2.05) is 0 Å². The van der Waals surface area contributed by atoms with Gasteiger partial charge >= 0.3 is 12.1 Å². The minimum Gasteiger partial charge on any atom is -0.468 e. The summed E-state index contributed by atoms with van der Waals surface area (Å²) >= 11 is 0. The van der Waals surface area contributed by atoms with E-state index in [9.17, 15) is 9.59 Å². The van der Waals surface area contributed by atoms with Gasteiger partial charge in [0.1, 0.15) is 12.6 Å². The summed E-state index contributed by atoms with van der Waals surface area (Å²) in [6.07, 6.45) is 0.385. The second-order valence-corrected chi connectivity index (χ2v) is 4.63. The highest BCUT2D eigenvalue weighted by atomic mass is 16.5. The molecule has 0 fully saturated rings. The maximum Gasteiger partial charge on any atom is 0.407 e. The molecule has 1 aromatic rings. The second kappa shape index (κ2) is 10.0. The molecule has 1 unspecified atom stereocenters. The van der Waals surface area contributed by atoms with E-state index < -0.39 is 18.1 Å². The molecule has 0 aliphatic rings. The standard InChI is InChI=1S/C14H19N5O4/c1-22-13(20)12(15)3-2-8-17-14(21)23-9-10-4-6-11(7-5-10)18-19-16/h4-7,12H,2-3,8-9,15H2,1H3,(H,17,21). The largest absolute Gasteiger partial charge is 0.468 e. The molecule has 0 radical (unpaired) electrons. The highest BCUT2D eigenvalue weighted by Crippen LogP contribution is 2.13. The Morgan fingerprint density at radius 3 is 2.70 bits per heavy atom. The van der Waals surface area contributed by atoms with Gasteiger partial charge in [-0.15, -0.1) is 0 Å². The molecule has 0 aliphatic carbocycles. The number of nitrogens with zero attached hydrogens (tertiary/aromatic N) is 3. The fourth-order valence-electron chi connectivity index (χ4n) is 1.69. The summed E-state index contributed by atoms with van der Waals surface area (Å²) in [6, 6.07) is 5.97. The molecule has 0 aromatic heterocycles. The van der Waals surface area contributed by atoms with Gasteiger partial charge in [0, 0.05) is 17.1 Å². The predicted molar refractivity (Wildman–Crippen MR) is 82.7 cm³/mol. The van der Waals surface area contributed by atoms with Crippen molar-refractivity contribution in [1.29, 1.82) is 0 Å². The van der Waals surface area contributed by atoms with Crippen molar-refractivity contribution in [2.75, 3.05) is 13.7 Å². The summed E-state index contributed by atoms with van der Waals surface area (Å²) in [7, 11) is 1.27. The zero-order chi connectivity index (χ0) is 17.1. The molecule has 9 nitrogen and oxygen atoms in total. The molecule has 124 valence electrons. The SMILES string of the molecule is COC(=O)C(N)CCCNC(=O)OCc1ccc(N=[N+]=[N-])cc1. The lowest BCUT2D eigenvalue weighted by molar-refractivity contribution is -0.142. The normalized spacial score (nSPS) is 11.0. The van der Waals surface area contributed by atoms with E-state index in [4.69, 9.17) is 16.0 Å². The molecule has 23 heavy (non-hydrogen) atoms. The Morgan fingerprint density at radius 1 is 1.39 bits per heavy atom. The smallest absolute Gasteiger partial charge is 0.407 e. The lowest BCUT2D eigenvalue weighted by atomic mass is 10.2. The number of nitrogens with one attached hydrogen (secondary N) is 1. The van der Waals surface area contributed by atoms with E-state index in [0.29, 0.717) is 25.1 Å². The second-order valence-electron chi connectivity index (χ2n) is 4.63. The average Bonchev–Trinajstić information content (AvgIpc) is 2.57. The van der Waals surface area contributed by atoms with E-state index >= 15 is 0 Å². The fraction of sp³-hybridized carbons (Fsp3) is 0.429. The highest BCUT2D eigenvalue weighted by molar-refractivity contribution is 5.75. The van der Waals surface area contributed by atoms with Crippen molar-refractivity contribution in [3.63, 3.8) is 0 Å². The number of azide groups is 1. The van der Waals surface area contributed by atoms with Gasteiger partial charge in [-0.3, -0.25) is 4.79 Å². The van der Waals surface area contributed by atoms with Gasteiger partial charge in [-0.25, -0.2) is 4.79 Å². The molecule has 3 N–H and O–H groups in total. The van der Waals surface area contributed by atoms with Crippen LogP contribution in [0.5, 0.6) is 0 Å². The molecule has 1 aromatic carbocycles. The highest BCUT2D eigenvalue weighted by Gasteiger charge is 2.12. The van der Waals surface area contributed by atoms with Crippen molar-refractivity contribution in [1.82, 2.24) is 5.32 Å². The van der Waals surface area contributed by atoms with Crippen LogP contribution < -0.4 is 11.1 Å². The third kappa shape index (κ3) is 7.16. The van der Waals surface area contributed by atoms with E-state index in [-0.39, 0.29) is 6.61 Å². The minimum atomic E-state index is -0.688. The van der Waals surface area contributed by atoms with Crippen LogP contribution in [0, 0.1) is 0 Å². The number of alkyl carbamates (subject to hydrolysis) is 1. The van der Waals surface area contributed by atoms with Crippen molar-refractivity contribution >= 4 is 17.7 Å². The Hall–Kier alpha value is -2.77. The van der Waals surface area contributed by atoms with E-state index in [2.05, 4.69) is 20.1 Å². The van der Waals surface area contributed by atoms with Crippen molar-refractivity contribution in [3.05, 3.63) is 40.3 Å². The van der Waals surface area contributed by atoms with Crippen LogP contribution in [0.1, 0.15) is 18.4 Å². The van der Waals surface area contributed by atoms with Gasteiger partial charge in [0.2, 0.25) is 0 Å². The predicted octanol–water partition coefficient (Wildman–Crippen LogP) is 2.14. The van der Waals surface area contributed by atoms with Crippen LogP contribution in [0.25, 0.3) is 10.4 Å². The molecule has 1 atom stereocenters. The van der Waals surface area contributed by atoms with E-state index in [1.54, 1.807) is 24.3 Å². The lowest BCUT2D eigenvalue weighted by Crippen LogP contribution is -2.33. The fourth-order valence-corrected chi connectivity index (χ4v) is 1.69. The molecule has 0 spiro atoms. The summed E-state index contributed by atoms with van der Waals surface area (Å²) in [5, 5.41) is 6.00. The molecule has 9 heteroatoms. The first kappa shape index (κ1) is 18.3. The summed E-state index contributed by atoms with van der Waals surface area (Å²) < 4.78 is 9.53. The summed E-state index contributed by atoms with van der Waals surface area (Å²) in [5.41, 5.74) is 15.1.